The molecule has 0 fully saturated rings. The van der Waals surface area contributed by atoms with E-state index in [9.17, 15) is 5.11 Å². The third kappa shape index (κ3) is 2.05. The second kappa shape index (κ2) is 4.14. The van der Waals surface area contributed by atoms with Gasteiger partial charge in [0.15, 0.2) is 0 Å². The Morgan fingerprint density at radius 1 is 1.00 bits per heavy atom. The van der Waals surface area contributed by atoms with E-state index in [1.165, 1.54) is 5.56 Å². The molecule has 0 bridgehead atoms. The fourth-order valence-corrected chi connectivity index (χ4v) is 1.71. The molecule has 0 saturated heterocycles. The van der Waals surface area contributed by atoms with Gasteiger partial charge in [0.1, 0.15) is 5.75 Å². The highest BCUT2D eigenvalue weighted by Crippen LogP contribution is 2.25. The Morgan fingerprint density at radius 2 is 1.79 bits per heavy atom. The van der Waals surface area contributed by atoms with E-state index in [2.05, 4.69) is 24.3 Å². The number of hydrogen-bond acceptors (Lipinski definition) is 1. The van der Waals surface area contributed by atoms with Gasteiger partial charge in [-0.05, 0) is 30.5 Å². The largest absolute Gasteiger partial charge is 0.508 e. The van der Waals surface area contributed by atoms with Gasteiger partial charge >= 0.3 is 0 Å². The molecular formula is C13H14O. The standard InChI is InChI=1S/C13H14O/c14-13-9-7-12(8-10-13)11-5-3-1-2-4-6-11/h1,3-4,6-11,14H,2,5H2. The van der Waals surface area contributed by atoms with Gasteiger partial charge in [-0.2, -0.15) is 0 Å². The first-order valence-electron chi connectivity index (χ1n) is 4.97. The quantitative estimate of drug-likeness (QED) is 0.666. The minimum atomic E-state index is 0.335. The van der Waals surface area contributed by atoms with Crippen LogP contribution in [0.15, 0.2) is 48.6 Å². The average Bonchev–Trinajstić information content (AvgIpc) is 2.47. The van der Waals surface area contributed by atoms with Crippen LogP contribution in [0.4, 0.5) is 0 Å². The number of aromatic hydroxyl groups is 1. The molecule has 2 rings (SSSR count). The molecule has 1 unspecified atom stereocenters. The van der Waals surface area contributed by atoms with Crippen molar-refractivity contribution in [2.45, 2.75) is 18.8 Å². The Kier molecular flexibility index (Phi) is 2.68. The Hall–Kier alpha value is -1.50. The van der Waals surface area contributed by atoms with Crippen LogP contribution in [0.2, 0.25) is 0 Å². The van der Waals surface area contributed by atoms with E-state index in [0.29, 0.717) is 11.7 Å². The Morgan fingerprint density at radius 3 is 2.57 bits per heavy atom. The summed E-state index contributed by atoms with van der Waals surface area (Å²) in [6.45, 7) is 0. The zero-order valence-corrected chi connectivity index (χ0v) is 8.06. The van der Waals surface area contributed by atoms with Crippen molar-refractivity contribution >= 4 is 0 Å². The number of phenolic OH excluding ortho intramolecular Hbond substituents is 1. The second-order valence-corrected chi connectivity index (χ2v) is 3.57. The third-order valence-corrected chi connectivity index (χ3v) is 2.52. The average molecular weight is 186 g/mol. The number of phenols is 1. The maximum atomic E-state index is 9.18. The number of benzene rings is 1. The van der Waals surface area contributed by atoms with Crippen LogP contribution < -0.4 is 0 Å². The van der Waals surface area contributed by atoms with Crippen LogP contribution in [0.3, 0.4) is 0 Å². The van der Waals surface area contributed by atoms with Crippen molar-refractivity contribution in [3.8, 4) is 5.75 Å². The smallest absolute Gasteiger partial charge is 0.115 e. The van der Waals surface area contributed by atoms with Crippen LogP contribution in [0.1, 0.15) is 24.3 Å². The van der Waals surface area contributed by atoms with Crippen LogP contribution in [0.5, 0.6) is 5.75 Å². The monoisotopic (exact) mass is 186 g/mol. The molecule has 0 radical (unpaired) electrons. The van der Waals surface area contributed by atoms with Crippen LogP contribution in [0, 0.1) is 0 Å². The van der Waals surface area contributed by atoms with E-state index >= 15 is 0 Å². The molecule has 1 aromatic rings. The summed E-state index contributed by atoms with van der Waals surface area (Å²) in [4.78, 5) is 0. The molecule has 1 aliphatic carbocycles. The van der Waals surface area contributed by atoms with Gasteiger partial charge in [-0.25, -0.2) is 0 Å². The van der Waals surface area contributed by atoms with E-state index in [1.54, 1.807) is 12.1 Å². The van der Waals surface area contributed by atoms with E-state index in [-0.39, 0.29) is 0 Å². The van der Waals surface area contributed by atoms with Crippen LogP contribution in [-0.4, -0.2) is 5.11 Å². The summed E-state index contributed by atoms with van der Waals surface area (Å²) in [5, 5.41) is 9.18. The summed E-state index contributed by atoms with van der Waals surface area (Å²) in [5.74, 6) is 0.802. The lowest BCUT2D eigenvalue weighted by atomic mass is 9.96. The van der Waals surface area contributed by atoms with Gasteiger partial charge in [0, 0.05) is 5.92 Å². The molecule has 0 aliphatic heterocycles. The first kappa shape index (κ1) is 9.07. The molecule has 0 saturated carbocycles. The maximum Gasteiger partial charge on any atom is 0.115 e. The summed E-state index contributed by atoms with van der Waals surface area (Å²) in [7, 11) is 0. The van der Waals surface area contributed by atoms with E-state index in [1.807, 2.05) is 12.1 Å². The zero-order valence-electron chi connectivity index (χ0n) is 8.06. The second-order valence-electron chi connectivity index (χ2n) is 3.57. The van der Waals surface area contributed by atoms with E-state index in [0.717, 1.165) is 12.8 Å². The predicted octanol–water partition coefficient (Wildman–Crippen LogP) is 3.38. The number of rotatable bonds is 1. The van der Waals surface area contributed by atoms with Crippen molar-refractivity contribution in [2.75, 3.05) is 0 Å². The summed E-state index contributed by atoms with van der Waals surface area (Å²) in [6, 6.07) is 7.47. The molecule has 72 valence electrons. The minimum Gasteiger partial charge on any atom is -0.508 e. The molecule has 1 aliphatic rings. The van der Waals surface area contributed by atoms with Gasteiger partial charge in [0.05, 0.1) is 0 Å². The topological polar surface area (TPSA) is 20.2 Å². The first-order chi connectivity index (χ1) is 6.86. The molecule has 0 amide bonds. The van der Waals surface area contributed by atoms with Gasteiger partial charge in [0.2, 0.25) is 0 Å². The van der Waals surface area contributed by atoms with Crippen molar-refractivity contribution < 1.29 is 5.11 Å². The van der Waals surface area contributed by atoms with Gasteiger partial charge in [0.25, 0.3) is 0 Å². The molecule has 1 aromatic carbocycles. The lowest BCUT2D eigenvalue weighted by Gasteiger charge is -2.09. The van der Waals surface area contributed by atoms with Crippen molar-refractivity contribution in [1.29, 1.82) is 0 Å². The van der Waals surface area contributed by atoms with Gasteiger partial charge < -0.3 is 5.11 Å². The Bertz CT molecular complexity index is 346. The van der Waals surface area contributed by atoms with Crippen molar-refractivity contribution in [3.63, 3.8) is 0 Å². The molecule has 0 aromatic heterocycles. The Labute approximate surface area is 84.4 Å². The Balaban J connectivity index is 2.21. The maximum absolute atomic E-state index is 9.18. The lowest BCUT2D eigenvalue weighted by Crippen LogP contribution is -1.92. The molecule has 1 nitrogen and oxygen atoms in total. The summed E-state index contributed by atoms with van der Waals surface area (Å²) >= 11 is 0. The normalized spacial score (nSPS) is 20.7. The highest BCUT2D eigenvalue weighted by atomic mass is 16.3. The van der Waals surface area contributed by atoms with Crippen molar-refractivity contribution in [2.24, 2.45) is 0 Å². The fourth-order valence-electron chi connectivity index (χ4n) is 1.71. The molecule has 0 heterocycles. The van der Waals surface area contributed by atoms with E-state index < -0.39 is 0 Å². The predicted molar refractivity (Wildman–Crippen MR) is 58.4 cm³/mol. The molecule has 1 heteroatoms. The number of allylic oxidation sites excluding steroid dienone is 4. The SMILES string of the molecule is Oc1ccc(C2C=CCC=CC2)cc1. The van der Waals surface area contributed by atoms with Gasteiger partial charge in [-0.15, -0.1) is 0 Å². The lowest BCUT2D eigenvalue weighted by molar-refractivity contribution is 0.475. The summed E-state index contributed by atoms with van der Waals surface area (Å²) in [5.41, 5.74) is 1.27. The highest BCUT2D eigenvalue weighted by Gasteiger charge is 2.06. The summed E-state index contributed by atoms with van der Waals surface area (Å²) in [6.07, 6.45) is 10.9. The van der Waals surface area contributed by atoms with Crippen molar-refractivity contribution in [1.82, 2.24) is 0 Å². The van der Waals surface area contributed by atoms with Crippen LogP contribution >= 0.6 is 0 Å². The molecule has 14 heavy (non-hydrogen) atoms. The first-order valence-corrected chi connectivity index (χ1v) is 4.97. The molecular weight excluding hydrogens is 172 g/mol. The molecule has 0 spiro atoms. The fraction of sp³-hybridized carbons (Fsp3) is 0.231. The van der Waals surface area contributed by atoms with Crippen molar-refractivity contribution in [3.05, 3.63) is 54.1 Å². The minimum absolute atomic E-state index is 0.335. The molecule has 1 atom stereocenters. The van der Waals surface area contributed by atoms with Gasteiger partial charge in [-0.3, -0.25) is 0 Å². The number of hydrogen-bond donors (Lipinski definition) is 1. The van der Waals surface area contributed by atoms with Crippen LogP contribution in [-0.2, 0) is 0 Å². The third-order valence-electron chi connectivity index (χ3n) is 2.52. The van der Waals surface area contributed by atoms with E-state index in [4.69, 9.17) is 0 Å². The van der Waals surface area contributed by atoms with Gasteiger partial charge in [-0.1, -0.05) is 36.4 Å². The van der Waals surface area contributed by atoms with Crippen LogP contribution in [0.25, 0.3) is 0 Å². The molecule has 1 N–H and O–H groups in total. The highest BCUT2D eigenvalue weighted by molar-refractivity contribution is 5.31. The summed E-state index contributed by atoms with van der Waals surface area (Å²) < 4.78 is 0. The zero-order chi connectivity index (χ0) is 9.80.